The van der Waals surface area contributed by atoms with Gasteiger partial charge in [-0.15, -0.1) is 24.0 Å². The smallest absolute Gasteiger partial charge is 0.191 e. The van der Waals surface area contributed by atoms with E-state index in [0.29, 0.717) is 13.2 Å². The van der Waals surface area contributed by atoms with Crippen LogP contribution >= 0.6 is 24.0 Å². The lowest BCUT2D eigenvalue weighted by Gasteiger charge is -2.26. The van der Waals surface area contributed by atoms with Crippen LogP contribution in [0.25, 0.3) is 0 Å². The van der Waals surface area contributed by atoms with Crippen molar-refractivity contribution in [2.45, 2.75) is 39.7 Å². The van der Waals surface area contributed by atoms with E-state index in [1.807, 2.05) is 19.1 Å². The molecule has 25 heavy (non-hydrogen) atoms. The summed E-state index contributed by atoms with van der Waals surface area (Å²) in [6.07, 6.45) is 4.06. The first kappa shape index (κ1) is 22.0. The second-order valence-electron chi connectivity index (χ2n) is 6.10. The van der Waals surface area contributed by atoms with Crippen LogP contribution in [0.4, 0.5) is 0 Å². The van der Waals surface area contributed by atoms with Crippen molar-refractivity contribution in [1.82, 2.24) is 15.5 Å². The molecule has 1 aromatic carbocycles. The molecular formula is C19H33IN4O. The van der Waals surface area contributed by atoms with Gasteiger partial charge >= 0.3 is 0 Å². The molecule has 6 heteroatoms. The molecule has 1 heterocycles. The van der Waals surface area contributed by atoms with E-state index in [4.69, 9.17) is 4.74 Å². The highest BCUT2D eigenvalue weighted by molar-refractivity contribution is 14.0. The van der Waals surface area contributed by atoms with Crippen molar-refractivity contribution in [2.24, 2.45) is 4.99 Å². The molecule has 1 fully saturated rings. The summed E-state index contributed by atoms with van der Waals surface area (Å²) in [6.45, 7) is 10.8. The lowest BCUT2D eigenvalue weighted by molar-refractivity contribution is 0.232. The molecule has 0 aliphatic carbocycles. The quantitative estimate of drug-likeness (QED) is 0.355. The van der Waals surface area contributed by atoms with E-state index in [1.165, 1.54) is 32.4 Å². The molecule has 0 radical (unpaired) electrons. The Labute approximate surface area is 169 Å². The van der Waals surface area contributed by atoms with E-state index in [9.17, 15) is 0 Å². The molecule has 5 nitrogen and oxygen atoms in total. The zero-order valence-electron chi connectivity index (χ0n) is 15.6. The summed E-state index contributed by atoms with van der Waals surface area (Å²) in [5, 5.41) is 6.76. The number of benzene rings is 1. The summed E-state index contributed by atoms with van der Waals surface area (Å²) in [7, 11) is 0. The molecule has 0 atom stereocenters. The van der Waals surface area contributed by atoms with E-state index in [1.54, 1.807) is 0 Å². The van der Waals surface area contributed by atoms with Gasteiger partial charge in [0.15, 0.2) is 5.96 Å². The minimum Gasteiger partial charge on any atom is -0.494 e. The van der Waals surface area contributed by atoms with Crippen LogP contribution in [-0.2, 0) is 6.54 Å². The second-order valence-corrected chi connectivity index (χ2v) is 6.10. The number of aliphatic imine (C=N–C) groups is 1. The average Bonchev–Trinajstić information content (AvgIpc) is 2.61. The Morgan fingerprint density at radius 1 is 1.16 bits per heavy atom. The Hall–Kier alpha value is -1.02. The van der Waals surface area contributed by atoms with Gasteiger partial charge in [0.25, 0.3) is 0 Å². The summed E-state index contributed by atoms with van der Waals surface area (Å²) in [6, 6.07) is 8.15. The Morgan fingerprint density at radius 3 is 2.68 bits per heavy atom. The summed E-state index contributed by atoms with van der Waals surface area (Å²) in [5.74, 6) is 1.80. The fraction of sp³-hybridized carbons (Fsp3) is 0.632. The van der Waals surface area contributed by atoms with Gasteiger partial charge in [0, 0.05) is 19.6 Å². The highest BCUT2D eigenvalue weighted by Crippen LogP contribution is 2.13. The Bertz CT molecular complexity index is 504. The predicted octanol–water partition coefficient (Wildman–Crippen LogP) is 3.24. The Morgan fingerprint density at radius 2 is 1.96 bits per heavy atom. The molecular weight excluding hydrogens is 427 g/mol. The Balaban J connectivity index is 0.00000312. The molecule has 0 aromatic heterocycles. The molecule has 1 aromatic rings. The fourth-order valence-electron chi connectivity index (χ4n) is 2.93. The molecule has 1 aliphatic rings. The third kappa shape index (κ3) is 8.76. The zero-order chi connectivity index (χ0) is 17.0. The normalized spacial score (nSPS) is 15.4. The van der Waals surface area contributed by atoms with Crippen LogP contribution in [0.2, 0.25) is 0 Å². The molecule has 0 amide bonds. The van der Waals surface area contributed by atoms with E-state index >= 15 is 0 Å². The van der Waals surface area contributed by atoms with Crippen LogP contribution in [0, 0.1) is 0 Å². The van der Waals surface area contributed by atoms with Crippen LogP contribution in [-0.4, -0.2) is 50.2 Å². The summed E-state index contributed by atoms with van der Waals surface area (Å²) < 4.78 is 5.55. The SMILES string of the molecule is CCNC(=NCc1cccc(OCC)c1)NCCN1CCCCC1.I. The number of guanidine groups is 1. The largest absolute Gasteiger partial charge is 0.494 e. The number of nitrogens with one attached hydrogen (secondary N) is 2. The summed E-state index contributed by atoms with van der Waals surface area (Å²) in [4.78, 5) is 7.22. The highest BCUT2D eigenvalue weighted by atomic mass is 127. The predicted molar refractivity (Wildman–Crippen MR) is 116 cm³/mol. The van der Waals surface area contributed by atoms with Gasteiger partial charge in [-0.1, -0.05) is 18.6 Å². The number of ether oxygens (including phenoxy) is 1. The van der Waals surface area contributed by atoms with Gasteiger partial charge in [-0.3, -0.25) is 0 Å². The van der Waals surface area contributed by atoms with Crippen LogP contribution in [0.5, 0.6) is 5.75 Å². The van der Waals surface area contributed by atoms with E-state index < -0.39 is 0 Å². The van der Waals surface area contributed by atoms with Gasteiger partial charge in [0.05, 0.1) is 13.2 Å². The van der Waals surface area contributed by atoms with Gasteiger partial charge in [-0.2, -0.15) is 0 Å². The maximum absolute atomic E-state index is 5.55. The van der Waals surface area contributed by atoms with Crippen molar-refractivity contribution in [3.05, 3.63) is 29.8 Å². The molecule has 0 spiro atoms. The monoisotopic (exact) mass is 460 g/mol. The molecule has 2 rings (SSSR count). The average molecular weight is 460 g/mol. The van der Waals surface area contributed by atoms with Gasteiger partial charge < -0.3 is 20.3 Å². The van der Waals surface area contributed by atoms with Crippen molar-refractivity contribution < 1.29 is 4.74 Å². The molecule has 0 unspecified atom stereocenters. The molecule has 0 bridgehead atoms. The number of halogens is 1. The molecule has 1 aliphatic heterocycles. The fourth-order valence-corrected chi connectivity index (χ4v) is 2.93. The van der Waals surface area contributed by atoms with Gasteiger partial charge in [0.2, 0.25) is 0 Å². The number of rotatable bonds is 8. The van der Waals surface area contributed by atoms with Crippen LogP contribution in [0.1, 0.15) is 38.7 Å². The standard InChI is InChI=1S/C19H32N4O.HI/c1-3-20-19(21-11-14-23-12-6-5-7-13-23)22-16-17-9-8-10-18(15-17)24-4-2;/h8-10,15H,3-7,11-14,16H2,1-2H3,(H2,20,21,22);1H. The van der Waals surface area contributed by atoms with Crippen molar-refractivity contribution in [3.63, 3.8) is 0 Å². The summed E-state index contributed by atoms with van der Waals surface area (Å²) in [5.41, 5.74) is 1.16. The molecule has 2 N–H and O–H groups in total. The van der Waals surface area contributed by atoms with Crippen molar-refractivity contribution >= 4 is 29.9 Å². The van der Waals surface area contributed by atoms with Gasteiger partial charge in [-0.05, 0) is 57.5 Å². The lowest BCUT2D eigenvalue weighted by Crippen LogP contribution is -2.42. The maximum atomic E-state index is 5.55. The summed E-state index contributed by atoms with van der Waals surface area (Å²) >= 11 is 0. The third-order valence-electron chi connectivity index (χ3n) is 4.14. The van der Waals surface area contributed by atoms with Gasteiger partial charge in [-0.25, -0.2) is 4.99 Å². The Kier molecular flexibility index (Phi) is 11.6. The van der Waals surface area contributed by atoms with Crippen molar-refractivity contribution in [2.75, 3.05) is 39.3 Å². The van der Waals surface area contributed by atoms with Crippen LogP contribution in [0.15, 0.2) is 29.3 Å². The number of nitrogens with zero attached hydrogens (tertiary/aromatic N) is 2. The maximum Gasteiger partial charge on any atom is 0.191 e. The zero-order valence-corrected chi connectivity index (χ0v) is 17.9. The van der Waals surface area contributed by atoms with Crippen molar-refractivity contribution in [3.8, 4) is 5.75 Å². The first-order valence-corrected chi connectivity index (χ1v) is 9.28. The van der Waals surface area contributed by atoms with Crippen LogP contribution < -0.4 is 15.4 Å². The second kappa shape index (κ2) is 13.2. The molecule has 142 valence electrons. The van der Waals surface area contributed by atoms with E-state index in [-0.39, 0.29) is 24.0 Å². The van der Waals surface area contributed by atoms with Crippen LogP contribution in [0.3, 0.4) is 0 Å². The lowest BCUT2D eigenvalue weighted by atomic mass is 10.1. The van der Waals surface area contributed by atoms with Crippen molar-refractivity contribution in [1.29, 1.82) is 0 Å². The minimum absolute atomic E-state index is 0. The first-order valence-electron chi connectivity index (χ1n) is 9.28. The van der Waals surface area contributed by atoms with E-state index in [0.717, 1.165) is 36.9 Å². The molecule has 0 saturated carbocycles. The first-order chi connectivity index (χ1) is 11.8. The van der Waals surface area contributed by atoms with E-state index in [2.05, 4.69) is 39.6 Å². The number of hydrogen-bond donors (Lipinski definition) is 2. The number of likely N-dealkylation sites (tertiary alicyclic amines) is 1. The highest BCUT2D eigenvalue weighted by Gasteiger charge is 2.09. The minimum atomic E-state index is 0. The molecule has 1 saturated heterocycles. The third-order valence-corrected chi connectivity index (χ3v) is 4.14. The number of piperidine rings is 1. The van der Waals surface area contributed by atoms with Gasteiger partial charge in [0.1, 0.15) is 5.75 Å². The number of hydrogen-bond acceptors (Lipinski definition) is 3. The topological polar surface area (TPSA) is 48.9 Å².